The Balaban J connectivity index is 1.48. The molecule has 0 radical (unpaired) electrons. The molecule has 0 aliphatic rings. The van der Waals surface area contributed by atoms with Crippen molar-refractivity contribution in [2.75, 3.05) is 11.9 Å². The monoisotopic (exact) mass is 463 g/mol. The Kier molecular flexibility index (Phi) is 8.45. The number of carbonyl (C=O) groups excluding carboxylic acids is 3. The third-order valence-electron chi connectivity index (χ3n) is 4.34. The minimum absolute atomic E-state index is 0.274. The molecule has 0 saturated carbocycles. The lowest BCUT2D eigenvalue weighted by atomic mass is 10.2. The van der Waals surface area contributed by atoms with E-state index in [-0.39, 0.29) is 5.69 Å². The molecular weight excluding hydrogens is 441 g/mol. The quantitative estimate of drug-likeness (QED) is 0.173. The van der Waals surface area contributed by atoms with Crippen LogP contribution in [-0.2, 0) is 9.59 Å². The normalized spacial score (nSPS) is 10.5. The number of anilines is 1. The number of ether oxygens (including phenoxy) is 2. The lowest BCUT2D eigenvalue weighted by Gasteiger charge is -2.07. The van der Waals surface area contributed by atoms with Crippen LogP contribution in [0.4, 0.5) is 10.1 Å². The van der Waals surface area contributed by atoms with E-state index in [0.29, 0.717) is 29.2 Å². The Morgan fingerprint density at radius 3 is 2.18 bits per heavy atom. The van der Waals surface area contributed by atoms with E-state index < -0.39 is 23.6 Å². The summed E-state index contributed by atoms with van der Waals surface area (Å²) in [5, 5.41) is 6.04. The summed E-state index contributed by atoms with van der Waals surface area (Å²) in [5.74, 6) is -1.89. The molecular formula is C25H22FN3O5. The number of hydrazone groups is 1. The van der Waals surface area contributed by atoms with Crippen molar-refractivity contribution >= 4 is 29.7 Å². The Labute approximate surface area is 195 Å². The van der Waals surface area contributed by atoms with Crippen LogP contribution < -0.4 is 20.2 Å². The van der Waals surface area contributed by atoms with E-state index in [2.05, 4.69) is 15.8 Å². The molecule has 0 bridgehead atoms. The van der Waals surface area contributed by atoms with E-state index in [9.17, 15) is 18.8 Å². The highest BCUT2D eigenvalue weighted by Gasteiger charge is 2.13. The number of nitrogens with one attached hydrogen (secondary N) is 2. The lowest BCUT2D eigenvalue weighted by Crippen LogP contribution is -2.32. The second kappa shape index (κ2) is 11.9. The average Bonchev–Trinajstić information content (AvgIpc) is 2.85. The fourth-order valence-electron chi connectivity index (χ4n) is 2.63. The Hall–Kier alpha value is -4.53. The molecule has 0 saturated heterocycles. The fraction of sp³-hybridized carbons (Fsp3) is 0.120. The number of rotatable bonds is 8. The van der Waals surface area contributed by atoms with Gasteiger partial charge in [-0.05, 0) is 84.8 Å². The molecule has 3 aromatic carbocycles. The van der Waals surface area contributed by atoms with Gasteiger partial charge in [0.25, 0.3) is 0 Å². The van der Waals surface area contributed by atoms with Crippen molar-refractivity contribution in [3.05, 3.63) is 89.7 Å². The lowest BCUT2D eigenvalue weighted by molar-refractivity contribution is -0.136. The van der Waals surface area contributed by atoms with Crippen LogP contribution in [0, 0.1) is 5.82 Å². The van der Waals surface area contributed by atoms with Crippen LogP contribution in [-0.4, -0.2) is 30.6 Å². The number of hydrogen-bond donors (Lipinski definition) is 2. The van der Waals surface area contributed by atoms with Crippen molar-refractivity contribution in [2.24, 2.45) is 5.10 Å². The second-order valence-electron chi connectivity index (χ2n) is 6.99. The number of nitrogens with zero attached hydrogens (tertiary/aromatic N) is 1. The van der Waals surface area contributed by atoms with Crippen LogP contribution in [0.25, 0.3) is 0 Å². The van der Waals surface area contributed by atoms with Gasteiger partial charge < -0.3 is 14.8 Å². The largest absolute Gasteiger partial charge is 0.494 e. The molecule has 0 heterocycles. The third-order valence-corrected chi connectivity index (χ3v) is 4.34. The van der Waals surface area contributed by atoms with Gasteiger partial charge in [-0.2, -0.15) is 5.10 Å². The first-order chi connectivity index (χ1) is 16.4. The molecule has 3 rings (SSSR count). The topological polar surface area (TPSA) is 106 Å². The smallest absolute Gasteiger partial charge is 0.343 e. The van der Waals surface area contributed by atoms with E-state index >= 15 is 0 Å². The van der Waals surface area contributed by atoms with Crippen LogP contribution in [0.15, 0.2) is 77.9 Å². The van der Waals surface area contributed by atoms with E-state index in [0.717, 1.165) is 18.6 Å². The predicted molar refractivity (Wildman–Crippen MR) is 124 cm³/mol. The zero-order chi connectivity index (χ0) is 24.3. The van der Waals surface area contributed by atoms with Crippen LogP contribution >= 0.6 is 0 Å². The van der Waals surface area contributed by atoms with Gasteiger partial charge in [0.1, 0.15) is 17.3 Å². The number of hydrogen-bond acceptors (Lipinski definition) is 6. The maximum Gasteiger partial charge on any atom is 0.343 e. The van der Waals surface area contributed by atoms with Crippen LogP contribution in [0.2, 0.25) is 0 Å². The zero-order valence-electron chi connectivity index (χ0n) is 18.3. The SMILES string of the molecule is CCCOc1ccc(C(=O)Oc2ccc(/C=N\NC(=O)C(=O)Nc3ccc(F)cc3)cc2)cc1. The molecule has 0 spiro atoms. The average molecular weight is 463 g/mol. The van der Waals surface area contributed by atoms with Crippen molar-refractivity contribution in [3.8, 4) is 11.5 Å². The molecule has 0 aliphatic carbocycles. The molecule has 0 aliphatic heterocycles. The summed E-state index contributed by atoms with van der Waals surface area (Å²) < 4.78 is 23.7. The second-order valence-corrected chi connectivity index (χ2v) is 6.99. The van der Waals surface area contributed by atoms with Gasteiger partial charge in [-0.1, -0.05) is 6.92 Å². The summed E-state index contributed by atoms with van der Waals surface area (Å²) in [4.78, 5) is 35.9. The summed E-state index contributed by atoms with van der Waals surface area (Å²) in [5.41, 5.74) is 3.35. The van der Waals surface area contributed by atoms with Gasteiger partial charge in [0.2, 0.25) is 0 Å². The number of esters is 1. The van der Waals surface area contributed by atoms with Crippen molar-refractivity contribution < 1.29 is 28.2 Å². The number of carbonyl (C=O) groups is 3. The summed E-state index contributed by atoms with van der Waals surface area (Å²) in [7, 11) is 0. The summed E-state index contributed by atoms with van der Waals surface area (Å²) >= 11 is 0. The number of amides is 2. The van der Waals surface area contributed by atoms with Crippen LogP contribution in [0.1, 0.15) is 29.3 Å². The molecule has 0 atom stereocenters. The van der Waals surface area contributed by atoms with Crippen molar-refractivity contribution in [1.29, 1.82) is 0 Å². The standard InChI is InChI=1S/C25H22FN3O5/c1-2-15-33-21-13-5-18(6-14-21)25(32)34-22-11-3-17(4-12-22)16-27-29-24(31)23(30)28-20-9-7-19(26)8-10-20/h3-14,16H,2,15H2,1H3,(H,28,30)(H,29,31)/b27-16-. The molecule has 174 valence electrons. The van der Waals surface area contributed by atoms with Crippen molar-refractivity contribution in [3.63, 3.8) is 0 Å². The fourth-order valence-corrected chi connectivity index (χ4v) is 2.63. The molecule has 0 unspecified atom stereocenters. The molecule has 0 aromatic heterocycles. The van der Waals surface area contributed by atoms with Gasteiger partial charge in [-0.3, -0.25) is 9.59 Å². The Morgan fingerprint density at radius 1 is 0.882 bits per heavy atom. The molecule has 3 aromatic rings. The van der Waals surface area contributed by atoms with E-state index in [1.165, 1.54) is 18.3 Å². The van der Waals surface area contributed by atoms with Crippen LogP contribution in [0.5, 0.6) is 11.5 Å². The highest BCUT2D eigenvalue weighted by molar-refractivity contribution is 6.39. The minimum atomic E-state index is -0.989. The predicted octanol–water partition coefficient (Wildman–Crippen LogP) is 3.92. The molecule has 9 heteroatoms. The first-order valence-corrected chi connectivity index (χ1v) is 10.4. The Morgan fingerprint density at radius 2 is 1.53 bits per heavy atom. The van der Waals surface area contributed by atoms with Gasteiger partial charge in [-0.25, -0.2) is 14.6 Å². The molecule has 2 amide bonds. The maximum atomic E-state index is 12.9. The van der Waals surface area contributed by atoms with E-state index in [1.54, 1.807) is 48.5 Å². The number of halogens is 1. The minimum Gasteiger partial charge on any atom is -0.494 e. The van der Waals surface area contributed by atoms with Gasteiger partial charge in [0.15, 0.2) is 0 Å². The highest BCUT2D eigenvalue weighted by Crippen LogP contribution is 2.16. The van der Waals surface area contributed by atoms with Gasteiger partial charge in [0.05, 0.1) is 18.4 Å². The summed E-state index contributed by atoms with van der Waals surface area (Å²) in [6, 6.07) is 18.0. The third kappa shape index (κ3) is 7.27. The van der Waals surface area contributed by atoms with E-state index in [1.807, 2.05) is 6.92 Å². The maximum absolute atomic E-state index is 12.9. The van der Waals surface area contributed by atoms with Crippen molar-refractivity contribution in [1.82, 2.24) is 5.43 Å². The summed E-state index contributed by atoms with van der Waals surface area (Å²) in [6.45, 7) is 2.61. The van der Waals surface area contributed by atoms with Crippen LogP contribution in [0.3, 0.4) is 0 Å². The van der Waals surface area contributed by atoms with Gasteiger partial charge in [-0.15, -0.1) is 0 Å². The molecule has 0 fully saturated rings. The Bertz CT molecular complexity index is 1160. The number of benzene rings is 3. The molecule has 34 heavy (non-hydrogen) atoms. The van der Waals surface area contributed by atoms with Gasteiger partial charge in [0, 0.05) is 5.69 Å². The first kappa shape index (κ1) is 24.1. The zero-order valence-corrected chi connectivity index (χ0v) is 18.3. The van der Waals surface area contributed by atoms with Crippen molar-refractivity contribution in [2.45, 2.75) is 13.3 Å². The molecule has 8 nitrogen and oxygen atoms in total. The van der Waals surface area contributed by atoms with E-state index in [4.69, 9.17) is 9.47 Å². The van der Waals surface area contributed by atoms with Gasteiger partial charge >= 0.3 is 17.8 Å². The highest BCUT2D eigenvalue weighted by atomic mass is 19.1. The molecule has 2 N–H and O–H groups in total. The first-order valence-electron chi connectivity index (χ1n) is 10.4. The summed E-state index contributed by atoms with van der Waals surface area (Å²) in [6.07, 6.45) is 2.22.